The minimum atomic E-state index is 0.0237. The number of hydrogen-bond donors (Lipinski definition) is 1. The van der Waals surface area contributed by atoms with Gasteiger partial charge in [0.25, 0.3) is 0 Å². The number of ether oxygens (including phenoxy) is 1. The van der Waals surface area contributed by atoms with Gasteiger partial charge in [-0.3, -0.25) is 4.79 Å². The van der Waals surface area contributed by atoms with Crippen molar-refractivity contribution in [1.29, 1.82) is 0 Å². The molecule has 0 fully saturated rings. The Morgan fingerprint density at radius 1 is 1.12 bits per heavy atom. The number of likely N-dealkylation sites (N-methyl/N-ethyl adjacent to an activating group) is 1. The van der Waals surface area contributed by atoms with Gasteiger partial charge in [0.05, 0.1) is 12.6 Å². The SMILES string of the molecule is CN(C)C(CNC(=O)CCCOc1ccccc1)c1ccccc1Cl. The molecule has 0 aliphatic heterocycles. The van der Waals surface area contributed by atoms with Crippen molar-refractivity contribution in [2.45, 2.75) is 18.9 Å². The van der Waals surface area contributed by atoms with Crippen molar-refractivity contribution >= 4 is 17.5 Å². The molecule has 2 aromatic rings. The van der Waals surface area contributed by atoms with E-state index in [1.165, 1.54) is 0 Å². The molecule has 134 valence electrons. The van der Waals surface area contributed by atoms with Gasteiger partial charge in [-0.25, -0.2) is 0 Å². The molecule has 0 spiro atoms. The highest BCUT2D eigenvalue weighted by Gasteiger charge is 2.17. The zero-order chi connectivity index (χ0) is 18.1. The molecule has 25 heavy (non-hydrogen) atoms. The number of carbonyl (C=O) groups excluding carboxylic acids is 1. The fourth-order valence-corrected chi connectivity index (χ4v) is 2.82. The molecule has 2 aromatic carbocycles. The number of benzene rings is 2. The second-order valence-electron chi connectivity index (χ2n) is 6.07. The molecule has 4 nitrogen and oxygen atoms in total. The molecule has 0 saturated heterocycles. The van der Waals surface area contributed by atoms with Crippen LogP contribution < -0.4 is 10.1 Å². The minimum absolute atomic E-state index is 0.0237. The maximum atomic E-state index is 12.1. The quantitative estimate of drug-likeness (QED) is 0.689. The van der Waals surface area contributed by atoms with Crippen molar-refractivity contribution in [2.24, 2.45) is 0 Å². The van der Waals surface area contributed by atoms with Gasteiger partial charge in [0, 0.05) is 18.0 Å². The first-order valence-corrected chi connectivity index (χ1v) is 8.81. The summed E-state index contributed by atoms with van der Waals surface area (Å²) in [5, 5.41) is 3.71. The predicted molar refractivity (Wildman–Crippen MR) is 102 cm³/mol. The molecule has 0 heterocycles. The van der Waals surface area contributed by atoms with Gasteiger partial charge in [-0.1, -0.05) is 48.0 Å². The van der Waals surface area contributed by atoms with E-state index in [9.17, 15) is 4.79 Å². The zero-order valence-corrected chi connectivity index (χ0v) is 15.5. The van der Waals surface area contributed by atoms with Crippen LogP contribution in [0.5, 0.6) is 5.75 Å². The molecule has 0 bridgehead atoms. The third-order valence-corrected chi connectivity index (χ3v) is 4.28. The topological polar surface area (TPSA) is 41.6 Å². The second kappa shape index (κ2) is 10.1. The van der Waals surface area contributed by atoms with Gasteiger partial charge >= 0.3 is 0 Å². The Morgan fingerprint density at radius 3 is 2.48 bits per heavy atom. The summed E-state index contributed by atoms with van der Waals surface area (Å²) in [4.78, 5) is 14.1. The van der Waals surface area contributed by atoms with Gasteiger partial charge < -0.3 is 15.0 Å². The normalized spacial score (nSPS) is 12.0. The Hall–Kier alpha value is -2.04. The maximum Gasteiger partial charge on any atom is 0.220 e. The lowest BCUT2D eigenvalue weighted by Crippen LogP contribution is -2.34. The van der Waals surface area contributed by atoms with Crippen LogP contribution in [-0.4, -0.2) is 38.1 Å². The summed E-state index contributed by atoms with van der Waals surface area (Å²) in [6.07, 6.45) is 1.12. The Morgan fingerprint density at radius 2 is 1.80 bits per heavy atom. The van der Waals surface area contributed by atoms with E-state index in [-0.39, 0.29) is 11.9 Å². The van der Waals surface area contributed by atoms with E-state index < -0.39 is 0 Å². The first-order chi connectivity index (χ1) is 12.1. The van der Waals surface area contributed by atoms with Crippen LogP contribution in [0, 0.1) is 0 Å². The van der Waals surface area contributed by atoms with Gasteiger partial charge in [-0.2, -0.15) is 0 Å². The van der Waals surface area contributed by atoms with Crippen LogP contribution in [0.2, 0.25) is 5.02 Å². The van der Waals surface area contributed by atoms with E-state index in [4.69, 9.17) is 16.3 Å². The van der Waals surface area contributed by atoms with Crippen LogP contribution in [0.15, 0.2) is 54.6 Å². The molecule has 1 unspecified atom stereocenters. The van der Waals surface area contributed by atoms with E-state index >= 15 is 0 Å². The fourth-order valence-electron chi connectivity index (χ4n) is 2.55. The van der Waals surface area contributed by atoms with E-state index in [1.807, 2.05) is 68.7 Å². The summed E-state index contributed by atoms with van der Waals surface area (Å²) in [6, 6.07) is 17.4. The minimum Gasteiger partial charge on any atom is -0.494 e. The summed E-state index contributed by atoms with van der Waals surface area (Å²) in [5.41, 5.74) is 1.02. The molecule has 5 heteroatoms. The summed E-state index contributed by atoms with van der Waals surface area (Å²) in [5.74, 6) is 0.852. The van der Waals surface area contributed by atoms with Crippen LogP contribution in [0.25, 0.3) is 0 Å². The van der Waals surface area contributed by atoms with Crippen LogP contribution in [0.4, 0.5) is 0 Å². The number of carbonyl (C=O) groups is 1. The third-order valence-electron chi connectivity index (χ3n) is 3.94. The van der Waals surface area contributed by atoms with E-state index in [0.29, 0.717) is 31.0 Å². The van der Waals surface area contributed by atoms with Crippen LogP contribution >= 0.6 is 11.6 Å². The highest BCUT2D eigenvalue weighted by atomic mass is 35.5. The van der Waals surface area contributed by atoms with Crippen molar-refractivity contribution in [3.8, 4) is 5.75 Å². The molecular weight excluding hydrogens is 336 g/mol. The number of hydrogen-bond acceptors (Lipinski definition) is 3. The van der Waals surface area contributed by atoms with Gasteiger partial charge in [0.15, 0.2) is 0 Å². The Balaban J connectivity index is 1.75. The summed E-state index contributed by atoms with van der Waals surface area (Å²) in [6.45, 7) is 1.05. The van der Waals surface area contributed by atoms with Crippen molar-refractivity contribution in [3.05, 3.63) is 65.2 Å². The summed E-state index contributed by atoms with van der Waals surface area (Å²) < 4.78 is 5.60. The standard InChI is InChI=1S/C20H25ClN2O2/c1-23(2)19(17-11-6-7-12-18(17)21)15-22-20(24)13-8-14-25-16-9-4-3-5-10-16/h3-7,9-12,19H,8,13-15H2,1-2H3,(H,22,24). The molecule has 0 aliphatic rings. The van der Waals surface area contributed by atoms with Gasteiger partial charge in [0.1, 0.15) is 5.75 Å². The fraction of sp³-hybridized carbons (Fsp3) is 0.350. The third kappa shape index (κ3) is 6.40. The molecule has 2 rings (SSSR count). The average Bonchev–Trinajstić information content (AvgIpc) is 2.61. The lowest BCUT2D eigenvalue weighted by molar-refractivity contribution is -0.121. The first-order valence-electron chi connectivity index (χ1n) is 8.43. The van der Waals surface area contributed by atoms with Gasteiger partial charge in [-0.15, -0.1) is 0 Å². The van der Waals surface area contributed by atoms with Gasteiger partial charge in [-0.05, 0) is 44.3 Å². The number of nitrogens with one attached hydrogen (secondary N) is 1. The van der Waals surface area contributed by atoms with Crippen LogP contribution in [0.1, 0.15) is 24.4 Å². The highest BCUT2D eigenvalue weighted by Crippen LogP contribution is 2.25. The van der Waals surface area contributed by atoms with Crippen molar-refractivity contribution in [1.82, 2.24) is 10.2 Å². The summed E-state index contributed by atoms with van der Waals surface area (Å²) >= 11 is 6.28. The number of halogens is 1. The smallest absolute Gasteiger partial charge is 0.220 e. The molecule has 1 amide bonds. The number of rotatable bonds is 9. The summed E-state index contributed by atoms with van der Waals surface area (Å²) in [7, 11) is 3.96. The van der Waals surface area contributed by atoms with Crippen molar-refractivity contribution in [2.75, 3.05) is 27.2 Å². The number of para-hydroxylation sites is 1. The van der Waals surface area contributed by atoms with Crippen LogP contribution in [-0.2, 0) is 4.79 Å². The average molecular weight is 361 g/mol. The Bertz CT molecular complexity index is 662. The van der Waals surface area contributed by atoms with E-state index in [1.54, 1.807) is 0 Å². The second-order valence-corrected chi connectivity index (χ2v) is 6.48. The lowest BCUT2D eigenvalue weighted by Gasteiger charge is -2.26. The Labute approximate surface area is 154 Å². The van der Waals surface area contributed by atoms with E-state index in [0.717, 1.165) is 11.3 Å². The molecule has 1 atom stereocenters. The number of nitrogens with zero attached hydrogens (tertiary/aromatic N) is 1. The molecule has 0 radical (unpaired) electrons. The van der Waals surface area contributed by atoms with Crippen molar-refractivity contribution in [3.63, 3.8) is 0 Å². The van der Waals surface area contributed by atoms with Crippen molar-refractivity contribution < 1.29 is 9.53 Å². The van der Waals surface area contributed by atoms with Gasteiger partial charge in [0.2, 0.25) is 5.91 Å². The molecule has 0 aliphatic carbocycles. The molecule has 1 N–H and O–H groups in total. The Kier molecular flexibility index (Phi) is 7.76. The zero-order valence-electron chi connectivity index (χ0n) is 14.7. The monoisotopic (exact) mass is 360 g/mol. The first kappa shape index (κ1) is 19.3. The van der Waals surface area contributed by atoms with E-state index in [2.05, 4.69) is 10.2 Å². The van der Waals surface area contributed by atoms with Crippen LogP contribution in [0.3, 0.4) is 0 Å². The lowest BCUT2D eigenvalue weighted by atomic mass is 10.1. The molecule has 0 saturated carbocycles. The largest absolute Gasteiger partial charge is 0.494 e. The highest BCUT2D eigenvalue weighted by molar-refractivity contribution is 6.31. The molecular formula is C20H25ClN2O2. The molecule has 0 aromatic heterocycles. The predicted octanol–water partition coefficient (Wildman–Crippen LogP) is 3.92. The number of amides is 1. The maximum absolute atomic E-state index is 12.1.